The molecule has 0 heterocycles. The highest BCUT2D eigenvalue weighted by molar-refractivity contribution is 9.11. The molecule has 0 fully saturated rings. The zero-order chi connectivity index (χ0) is 24.8. The normalized spacial score (nSPS) is 10.9. The van der Waals surface area contributed by atoms with Crippen molar-refractivity contribution in [3.63, 3.8) is 0 Å². The highest BCUT2D eigenvalue weighted by Crippen LogP contribution is 2.29. The molecule has 4 aromatic rings. The molecule has 4 aromatic carbocycles. The number of ether oxygens (including phenoxy) is 2. The van der Waals surface area contributed by atoms with Gasteiger partial charge in [-0.1, -0.05) is 62.2 Å². The summed E-state index contributed by atoms with van der Waals surface area (Å²) in [4.78, 5) is 24.9. The fourth-order valence-electron chi connectivity index (χ4n) is 3.46. The van der Waals surface area contributed by atoms with Crippen molar-refractivity contribution in [1.82, 2.24) is 5.43 Å². The van der Waals surface area contributed by atoms with Gasteiger partial charge in [0.2, 0.25) is 5.91 Å². The lowest BCUT2D eigenvalue weighted by molar-refractivity contribution is -0.120. The van der Waals surface area contributed by atoms with Crippen molar-refractivity contribution < 1.29 is 19.1 Å². The number of benzene rings is 4. The van der Waals surface area contributed by atoms with Crippen LogP contribution in [-0.2, 0) is 11.2 Å². The molecule has 4 rings (SSSR count). The van der Waals surface area contributed by atoms with Gasteiger partial charge in [0.25, 0.3) is 0 Å². The number of hydrazone groups is 1. The van der Waals surface area contributed by atoms with Gasteiger partial charge in [-0.2, -0.15) is 5.10 Å². The molecule has 0 unspecified atom stereocenters. The lowest BCUT2D eigenvalue weighted by atomic mass is 10.0. The maximum Gasteiger partial charge on any atom is 0.343 e. The SMILES string of the molecule is COc1cc(C=NNC(=O)Cc2ccc(Br)c3ccccc23)ccc1OC(=O)c1ccc(Br)cc1. The Labute approximate surface area is 219 Å². The molecule has 0 aliphatic carbocycles. The molecule has 0 aliphatic rings. The summed E-state index contributed by atoms with van der Waals surface area (Å²) in [5, 5.41) is 6.12. The minimum atomic E-state index is -0.495. The lowest BCUT2D eigenvalue weighted by Crippen LogP contribution is -2.19. The molecule has 0 atom stereocenters. The van der Waals surface area contributed by atoms with E-state index in [0.717, 1.165) is 25.3 Å². The molecule has 0 saturated carbocycles. The average molecular weight is 596 g/mol. The lowest BCUT2D eigenvalue weighted by Gasteiger charge is -2.10. The van der Waals surface area contributed by atoms with Crippen molar-refractivity contribution in [3.8, 4) is 11.5 Å². The maximum atomic E-state index is 12.5. The van der Waals surface area contributed by atoms with E-state index in [-0.39, 0.29) is 18.1 Å². The number of hydrogen-bond donors (Lipinski definition) is 1. The number of methoxy groups -OCH3 is 1. The van der Waals surface area contributed by atoms with Gasteiger partial charge >= 0.3 is 5.97 Å². The van der Waals surface area contributed by atoms with E-state index in [9.17, 15) is 9.59 Å². The molecule has 0 radical (unpaired) electrons. The minimum Gasteiger partial charge on any atom is -0.493 e. The molecule has 0 aliphatic heterocycles. The number of nitrogens with zero attached hydrogens (tertiary/aromatic N) is 1. The van der Waals surface area contributed by atoms with Gasteiger partial charge in [0, 0.05) is 8.95 Å². The van der Waals surface area contributed by atoms with Gasteiger partial charge in [-0.25, -0.2) is 10.2 Å². The first-order chi connectivity index (χ1) is 16.9. The van der Waals surface area contributed by atoms with Crippen LogP contribution >= 0.6 is 31.9 Å². The Balaban J connectivity index is 1.40. The summed E-state index contributed by atoms with van der Waals surface area (Å²) in [7, 11) is 1.48. The predicted octanol–water partition coefficient (Wildman–Crippen LogP) is 6.29. The second-order valence-corrected chi connectivity index (χ2v) is 9.30. The van der Waals surface area contributed by atoms with E-state index in [1.807, 2.05) is 36.4 Å². The van der Waals surface area contributed by atoms with Crippen molar-refractivity contribution in [2.24, 2.45) is 5.10 Å². The number of amides is 1. The van der Waals surface area contributed by atoms with E-state index in [1.54, 1.807) is 42.5 Å². The quantitative estimate of drug-likeness (QED) is 0.118. The third-order valence-corrected chi connectivity index (χ3v) is 6.41. The molecule has 35 heavy (non-hydrogen) atoms. The zero-order valence-electron chi connectivity index (χ0n) is 18.6. The fraction of sp³-hybridized carbons (Fsp3) is 0.0741. The standard InChI is InChI=1S/C27H20Br2N2O4/c1-34-25-14-17(6-13-24(25)35-27(33)18-7-10-20(28)11-8-18)16-30-31-26(32)15-19-9-12-23(29)22-5-3-2-4-21(19)22/h2-14,16H,15H2,1H3,(H,31,32). The van der Waals surface area contributed by atoms with Crippen LogP contribution in [0.1, 0.15) is 21.5 Å². The van der Waals surface area contributed by atoms with Crippen LogP contribution in [0.5, 0.6) is 11.5 Å². The predicted molar refractivity (Wildman–Crippen MR) is 143 cm³/mol. The van der Waals surface area contributed by atoms with Crippen molar-refractivity contribution in [1.29, 1.82) is 0 Å². The number of nitrogens with one attached hydrogen (secondary N) is 1. The molecule has 0 spiro atoms. The second kappa shape index (κ2) is 11.3. The highest BCUT2D eigenvalue weighted by atomic mass is 79.9. The Morgan fingerprint density at radius 1 is 0.914 bits per heavy atom. The highest BCUT2D eigenvalue weighted by Gasteiger charge is 2.13. The van der Waals surface area contributed by atoms with Gasteiger partial charge in [-0.05, 0) is 70.4 Å². The van der Waals surface area contributed by atoms with Crippen LogP contribution in [0, 0.1) is 0 Å². The van der Waals surface area contributed by atoms with Crippen LogP contribution in [0.2, 0.25) is 0 Å². The third kappa shape index (κ3) is 6.15. The number of halogens is 2. The van der Waals surface area contributed by atoms with E-state index < -0.39 is 5.97 Å². The number of esters is 1. The summed E-state index contributed by atoms with van der Waals surface area (Å²) in [6, 6.07) is 23.6. The van der Waals surface area contributed by atoms with E-state index in [0.29, 0.717) is 16.9 Å². The largest absolute Gasteiger partial charge is 0.493 e. The molecule has 176 valence electrons. The van der Waals surface area contributed by atoms with E-state index >= 15 is 0 Å². The molecule has 0 aromatic heterocycles. The molecular formula is C27H20Br2N2O4. The average Bonchev–Trinajstić information content (AvgIpc) is 2.87. The minimum absolute atomic E-state index is 0.194. The van der Waals surface area contributed by atoms with Crippen molar-refractivity contribution >= 4 is 60.7 Å². The Kier molecular flexibility index (Phi) is 7.94. The van der Waals surface area contributed by atoms with E-state index in [1.165, 1.54) is 13.3 Å². The smallest absolute Gasteiger partial charge is 0.343 e. The Morgan fingerprint density at radius 2 is 1.66 bits per heavy atom. The molecule has 1 amide bonds. The number of fused-ring (bicyclic) bond motifs is 1. The van der Waals surface area contributed by atoms with Crippen LogP contribution < -0.4 is 14.9 Å². The van der Waals surface area contributed by atoms with Crippen LogP contribution in [0.25, 0.3) is 10.8 Å². The summed E-state index contributed by atoms with van der Waals surface area (Å²) >= 11 is 6.88. The molecule has 1 N–H and O–H groups in total. The molecular weight excluding hydrogens is 576 g/mol. The van der Waals surface area contributed by atoms with Crippen LogP contribution in [-0.4, -0.2) is 25.2 Å². The second-order valence-electron chi connectivity index (χ2n) is 7.53. The van der Waals surface area contributed by atoms with E-state index in [4.69, 9.17) is 9.47 Å². The van der Waals surface area contributed by atoms with E-state index in [2.05, 4.69) is 42.4 Å². The van der Waals surface area contributed by atoms with Crippen LogP contribution in [0.3, 0.4) is 0 Å². The van der Waals surface area contributed by atoms with Crippen molar-refractivity contribution in [3.05, 3.63) is 104 Å². The summed E-state index contributed by atoms with van der Waals surface area (Å²) in [6.07, 6.45) is 1.69. The summed E-state index contributed by atoms with van der Waals surface area (Å²) in [5.74, 6) is -0.0820. The van der Waals surface area contributed by atoms with Gasteiger partial charge in [0.05, 0.1) is 25.3 Å². The Hall–Kier alpha value is -3.49. The zero-order valence-corrected chi connectivity index (χ0v) is 21.8. The van der Waals surface area contributed by atoms with Gasteiger partial charge in [-0.15, -0.1) is 0 Å². The van der Waals surface area contributed by atoms with Gasteiger partial charge in [0.15, 0.2) is 11.5 Å². The molecule has 0 saturated heterocycles. The summed E-state index contributed by atoms with van der Waals surface area (Å²) < 4.78 is 12.7. The first-order valence-corrected chi connectivity index (χ1v) is 12.2. The monoisotopic (exact) mass is 594 g/mol. The van der Waals surface area contributed by atoms with Gasteiger partial charge < -0.3 is 9.47 Å². The summed E-state index contributed by atoms with van der Waals surface area (Å²) in [5.41, 5.74) is 4.56. The first-order valence-electron chi connectivity index (χ1n) is 10.6. The van der Waals surface area contributed by atoms with Crippen LogP contribution in [0.4, 0.5) is 0 Å². The maximum absolute atomic E-state index is 12.5. The number of rotatable bonds is 7. The number of hydrogen-bond acceptors (Lipinski definition) is 5. The van der Waals surface area contributed by atoms with Gasteiger partial charge in [0.1, 0.15) is 0 Å². The van der Waals surface area contributed by atoms with Gasteiger partial charge in [-0.3, -0.25) is 4.79 Å². The Bertz CT molecular complexity index is 1420. The van der Waals surface area contributed by atoms with Crippen molar-refractivity contribution in [2.45, 2.75) is 6.42 Å². The Morgan fingerprint density at radius 3 is 2.40 bits per heavy atom. The van der Waals surface area contributed by atoms with Crippen molar-refractivity contribution in [2.75, 3.05) is 7.11 Å². The summed E-state index contributed by atoms with van der Waals surface area (Å²) in [6.45, 7) is 0. The molecule has 0 bridgehead atoms. The number of carbonyl (C=O) groups excluding carboxylic acids is 2. The number of carbonyl (C=O) groups is 2. The third-order valence-electron chi connectivity index (χ3n) is 5.19. The first kappa shape index (κ1) is 24.6. The molecule has 8 heteroatoms. The van der Waals surface area contributed by atoms with Crippen LogP contribution in [0.15, 0.2) is 92.9 Å². The fourth-order valence-corrected chi connectivity index (χ4v) is 4.21. The topological polar surface area (TPSA) is 77.0 Å². The molecule has 6 nitrogen and oxygen atoms in total.